The number of nitrogens with zero attached hydrogens (tertiary/aromatic N) is 1. The highest BCUT2D eigenvalue weighted by Gasteiger charge is 2.25. The molecule has 0 radical (unpaired) electrons. The molecule has 0 aliphatic heterocycles. The lowest BCUT2D eigenvalue weighted by Gasteiger charge is -2.37. The second-order valence-corrected chi connectivity index (χ2v) is 8.49. The molecule has 146 valence electrons. The summed E-state index contributed by atoms with van der Waals surface area (Å²) in [4.78, 5) is 2.49. The first-order valence-electron chi connectivity index (χ1n) is 11.2. The Labute approximate surface area is 155 Å². The maximum Gasteiger partial charge on any atom is 0.0175 e. The number of hydrogen-bond donors (Lipinski definition) is 0. The third kappa shape index (κ3) is 13.3. The fourth-order valence-electron chi connectivity index (χ4n) is 3.67. The fourth-order valence-corrected chi connectivity index (χ4v) is 3.67. The standard InChI is InChI=1S/C23H49N/c1-6-8-10-12-13-14-15-16-18-20-22-23(3,24(4)5)21-19-17-11-9-7-2/h6-22H2,1-5H3. The van der Waals surface area contributed by atoms with Crippen molar-refractivity contribution < 1.29 is 0 Å². The summed E-state index contributed by atoms with van der Waals surface area (Å²) in [7, 11) is 4.56. The molecule has 1 heteroatoms. The summed E-state index contributed by atoms with van der Waals surface area (Å²) in [5, 5.41) is 0. The lowest BCUT2D eigenvalue weighted by atomic mass is 9.87. The van der Waals surface area contributed by atoms with Gasteiger partial charge in [0.05, 0.1) is 0 Å². The summed E-state index contributed by atoms with van der Waals surface area (Å²) in [6.07, 6.45) is 24.2. The van der Waals surface area contributed by atoms with Gasteiger partial charge in [-0.15, -0.1) is 0 Å². The van der Waals surface area contributed by atoms with Crippen molar-refractivity contribution in [3.05, 3.63) is 0 Å². The Balaban J connectivity index is 3.66. The van der Waals surface area contributed by atoms with E-state index in [2.05, 4.69) is 39.8 Å². The van der Waals surface area contributed by atoms with Crippen molar-refractivity contribution in [2.24, 2.45) is 0 Å². The predicted molar refractivity (Wildman–Crippen MR) is 112 cm³/mol. The van der Waals surface area contributed by atoms with E-state index in [1.807, 2.05) is 0 Å². The van der Waals surface area contributed by atoms with E-state index in [1.54, 1.807) is 0 Å². The highest BCUT2D eigenvalue weighted by atomic mass is 15.1. The van der Waals surface area contributed by atoms with Crippen LogP contribution in [0, 0.1) is 0 Å². The molecule has 0 amide bonds. The third-order valence-electron chi connectivity index (χ3n) is 5.97. The molecule has 0 aromatic heterocycles. The molecule has 1 nitrogen and oxygen atoms in total. The molecule has 0 aliphatic carbocycles. The largest absolute Gasteiger partial charge is 0.304 e. The molecule has 0 N–H and O–H groups in total. The lowest BCUT2D eigenvalue weighted by Crippen LogP contribution is -2.41. The fraction of sp³-hybridized carbons (Fsp3) is 1.00. The molecule has 0 aliphatic rings. The quantitative estimate of drug-likeness (QED) is 0.229. The summed E-state index contributed by atoms with van der Waals surface area (Å²) in [6.45, 7) is 7.09. The number of rotatable bonds is 18. The molecule has 0 heterocycles. The van der Waals surface area contributed by atoms with Crippen molar-refractivity contribution in [3.8, 4) is 0 Å². The molecule has 0 saturated heterocycles. The Morgan fingerprint density at radius 2 is 0.792 bits per heavy atom. The van der Waals surface area contributed by atoms with E-state index in [0.717, 1.165) is 0 Å². The first-order valence-corrected chi connectivity index (χ1v) is 11.2. The zero-order valence-electron chi connectivity index (χ0n) is 18.0. The highest BCUT2D eigenvalue weighted by Crippen LogP contribution is 2.27. The van der Waals surface area contributed by atoms with Gasteiger partial charge in [0.15, 0.2) is 0 Å². The second-order valence-electron chi connectivity index (χ2n) is 8.49. The van der Waals surface area contributed by atoms with Crippen LogP contribution in [0.25, 0.3) is 0 Å². The van der Waals surface area contributed by atoms with Gasteiger partial charge in [-0.25, -0.2) is 0 Å². The van der Waals surface area contributed by atoms with Crippen LogP contribution in [0.3, 0.4) is 0 Å². The van der Waals surface area contributed by atoms with Crippen molar-refractivity contribution >= 4 is 0 Å². The zero-order chi connectivity index (χ0) is 18.1. The van der Waals surface area contributed by atoms with Crippen molar-refractivity contribution in [3.63, 3.8) is 0 Å². The monoisotopic (exact) mass is 339 g/mol. The maximum atomic E-state index is 2.49. The smallest absolute Gasteiger partial charge is 0.0175 e. The van der Waals surface area contributed by atoms with Crippen molar-refractivity contribution in [1.82, 2.24) is 4.90 Å². The normalized spacial score (nSPS) is 14.2. The first kappa shape index (κ1) is 24.0. The number of unbranched alkanes of at least 4 members (excludes halogenated alkanes) is 13. The van der Waals surface area contributed by atoms with Gasteiger partial charge in [0, 0.05) is 5.54 Å². The molecule has 0 spiro atoms. The zero-order valence-corrected chi connectivity index (χ0v) is 18.0. The third-order valence-corrected chi connectivity index (χ3v) is 5.97. The molecule has 0 bridgehead atoms. The first-order chi connectivity index (χ1) is 11.6. The molecular weight excluding hydrogens is 290 g/mol. The van der Waals surface area contributed by atoms with Crippen LogP contribution in [0.1, 0.15) is 130 Å². The van der Waals surface area contributed by atoms with Gasteiger partial charge in [-0.3, -0.25) is 0 Å². The molecule has 24 heavy (non-hydrogen) atoms. The minimum Gasteiger partial charge on any atom is -0.304 e. The molecule has 1 atom stereocenters. The van der Waals surface area contributed by atoms with Crippen LogP contribution >= 0.6 is 0 Å². The SMILES string of the molecule is CCCCCCCCCCCCC(C)(CCCCCCC)N(C)C. The van der Waals surface area contributed by atoms with Crippen LogP contribution in [-0.4, -0.2) is 24.5 Å². The van der Waals surface area contributed by atoms with E-state index in [1.165, 1.54) is 109 Å². The Morgan fingerprint density at radius 1 is 0.500 bits per heavy atom. The summed E-state index contributed by atoms with van der Waals surface area (Å²) in [5.41, 5.74) is 0.423. The molecule has 0 fully saturated rings. The van der Waals surface area contributed by atoms with E-state index in [9.17, 15) is 0 Å². The van der Waals surface area contributed by atoms with E-state index < -0.39 is 0 Å². The van der Waals surface area contributed by atoms with Crippen molar-refractivity contribution in [2.45, 2.75) is 135 Å². The Hall–Kier alpha value is -0.0400. The van der Waals surface area contributed by atoms with Gasteiger partial charge in [0.1, 0.15) is 0 Å². The molecule has 0 aromatic rings. The van der Waals surface area contributed by atoms with E-state index in [-0.39, 0.29) is 0 Å². The maximum absolute atomic E-state index is 2.49. The van der Waals surface area contributed by atoms with Crippen molar-refractivity contribution in [1.29, 1.82) is 0 Å². The van der Waals surface area contributed by atoms with Crippen molar-refractivity contribution in [2.75, 3.05) is 14.1 Å². The summed E-state index contributed by atoms with van der Waals surface area (Å²) >= 11 is 0. The molecule has 0 aromatic carbocycles. The van der Waals surface area contributed by atoms with Crippen LogP contribution < -0.4 is 0 Å². The summed E-state index contributed by atoms with van der Waals surface area (Å²) in [5.74, 6) is 0. The van der Waals surface area contributed by atoms with Gasteiger partial charge in [0.2, 0.25) is 0 Å². The van der Waals surface area contributed by atoms with E-state index in [0.29, 0.717) is 5.54 Å². The van der Waals surface area contributed by atoms with E-state index in [4.69, 9.17) is 0 Å². The van der Waals surface area contributed by atoms with Crippen LogP contribution in [0.15, 0.2) is 0 Å². The van der Waals surface area contributed by atoms with Gasteiger partial charge in [-0.1, -0.05) is 110 Å². The Kier molecular flexibility index (Phi) is 16.4. The molecule has 0 rings (SSSR count). The van der Waals surface area contributed by atoms with Crippen LogP contribution in [-0.2, 0) is 0 Å². The van der Waals surface area contributed by atoms with Crippen LogP contribution in [0.5, 0.6) is 0 Å². The minimum atomic E-state index is 0.423. The lowest BCUT2D eigenvalue weighted by molar-refractivity contribution is 0.139. The molecule has 1 unspecified atom stereocenters. The topological polar surface area (TPSA) is 3.24 Å². The highest BCUT2D eigenvalue weighted by molar-refractivity contribution is 4.82. The van der Waals surface area contributed by atoms with Gasteiger partial charge in [0.25, 0.3) is 0 Å². The van der Waals surface area contributed by atoms with E-state index >= 15 is 0 Å². The van der Waals surface area contributed by atoms with Gasteiger partial charge in [-0.2, -0.15) is 0 Å². The molecule has 0 saturated carbocycles. The average molecular weight is 340 g/mol. The average Bonchev–Trinajstić information content (AvgIpc) is 2.56. The predicted octanol–water partition coefficient (Wildman–Crippen LogP) is 7.98. The van der Waals surface area contributed by atoms with Crippen LogP contribution in [0.2, 0.25) is 0 Å². The van der Waals surface area contributed by atoms with Gasteiger partial charge in [-0.05, 0) is 33.9 Å². The second kappa shape index (κ2) is 16.4. The number of hydrogen-bond acceptors (Lipinski definition) is 1. The summed E-state index contributed by atoms with van der Waals surface area (Å²) in [6, 6.07) is 0. The van der Waals surface area contributed by atoms with Gasteiger partial charge < -0.3 is 4.90 Å². The summed E-state index contributed by atoms with van der Waals surface area (Å²) < 4.78 is 0. The van der Waals surface area contributed by atoms with Crippen LogP contribution in [0.4, 0.5) is 0 Å². The van der Waals surface area contributed by atoms with Gasteiger partial charge >= 0.3 is 0 Å². The Bertz CT molecular complexity index is 248. The minimum absolute atomic E-state index is 0.423. The Morgan fingerprint density at radius 3 is 1.08 bits per heavy atom. The molecular formula is C23H49N.